The first-order valence-corrected chi connectivity index (χ1v) is 9.81. The molecule has 1 amide bonds. The van der Waals surface area contributed by atoms with Gasteiger partial charge in [-0.15, -0.1) is 6.42 Å². The van der Waals surface area contributed by atoms with E-state index in [1.165, 1.54) is 12.1 Å². The molecule has 0 saturated heterocycles. The molecule has 0 aliphatic heterocycles. The van der Waals surface area contributed by atoms with Crippen molar-refractivity contribution in [3.8, 4) is 12.3 Å². The number of rotatable bonds is 7. The summed E-state index contributed by atoms with van der Waals surface area (Å²) in [6, 6.07) is 9.52. The van der Waals surface area contributed by atoms with Crippen molar-refractivity contribution in [2.75, 3.05) is 6.54 Å². The molecule has 1 aliphatic carbocycles. The Hall–Kier alpha value is -2.56. The first-order valence-electron chi connectivity index (χ1n) is 8.33. The molecule has 26 heavy (non-hydrogen) atoms. The van der Waals surface area contributed by atoms with Gasteiger partial charge in [-0.25, -0.2) is 8.42 Å². The monoisotopic (exact) mass is 372 g/mol. The second-order valence-electron chi connectivity index (χ2n) is 6.19. The number of carbonyl (C=O) groups is 1. The molecule has 1 unspecified atom stereocenters. The molecule has 1 aliphatic rings. The van der Waals surface area contributed by atoms with Gasteiger partial charge in [-0.2, -0.15) is 4.72 Å². The Morgan fingerprint density at radius 2 is 2.15 bits per heavy atom. The molecule has 1 aromatic heterocycles. The molecule has 1 saturated carbocycles. The molecular formula is C19H20N2O4S. The third-order valence-electron chi connectivity index (χ3n) is 4.30. The van der Waals surface area contributed by atoms with Crippen molar-refractivity contribution < 1.29 is 17.6 Å². The highest BCUT2D eigenvalue weighted by atomic mass is 32.2. The maximum Gasteiger partial charge on any atom is 0.254 e. The average Bonchev–Trinajstić information content (AvgIpc) is 3.31. The molecule has 0 spiro atoms. The minimum Gasteiger partial charge on any atom is -0.467 e. The van der Waals surface area contributed by atoms with Crippen LogP contribution in [-0.4, -0.2) is 31.8 Å². The van der Waals surface area contributed by atoms with Crippen LogP contribution in [0.25, 0.3) is 0 Å². The van der Waals surface area contributed by atoms with E-state index in [9.17, 15) is 13.2 Å². The summed E-state index contributed by atoms with van der Waals surface area (Å²) < 4.78 is 32.3. The van der Waals surface area contributed by atoms with Crippen LogP contribution in [0.2, 0.25) is 0 Å². The summed E-state index contributed by atoms with van der Waals surface area (Å²) in [5, 5.41) is 0. The van der Waals surface area contributed by atoms with E-state index in [-0.39, 0.29) is 29.4 Å². The van der Waals surface area contributed by atoms with E-state index >= 15 is 0 Å². The molecular weight excluding hydrogens is 352 g/mol. The molecule has 1 aromatic carbocycles. The maximum atomic E-state index is 13.1. The van der Waals surface area contributed by atoms with Gasteiger partial charge < -0.3 is 9.32 Å². The topological polar surface area (TPSA) is 79.6 Å². The summed E-state index contributed by atoms with van der Waals surface area (Å²) in [6.07, 6.45) is 8.54. The van der Waals surface area contributed by atoms with Crippen LogP contribution >= 0.6 is 0 Å². The number of benzene rings is 1. The second-order valence-corrected chi connectivity index (χ2v) is 7.96. The predicted molar refractivity (Wildman–Crippen MR) is 96.8 cm³/mol. The van der Waals surface area contributed by atoms with Crippen LogP contribution in [0.1, 0.15) is 41.9 Å². The highest BCUT2D eigenvalue weighted by molar-refractivity contribution is 7.89. The average molecular weight is 372 g/mol. The first-order chi connectivity index (χ1) is 12.4. The van der Waals surface area contributed by atoms with Gasteiger partial charge in [-0.3, -0.25) is 4.79 Å². The Morgan fingerprint density at radius 3 is 2.77 bits per heavy atom. The summed E-state index contributed by atoms with van der Waals surface area (Å²) >= 11 is 0. The normalized spacial score (nSPS) is 15.2. The lowest BCUT2D eigenvalue weighted by atomic mass is 10.1. The summed E-state index contributed by atoms with van der Waals surface area (Å²) in [5.41, 5.74) is 0.318. The van der Waals surface area contributed by atoms with Crippen molar-refractivity contribution in [3.63, 3.8) is 0 Å². The summed E-state index contributed by atoms with van der Waals surface area (Å²) in [7, 11) is -3.75. The second kappa shape index (κ2) is 7.36. The van der Waals surface area contributed by atoms with Crippen LogP contribution in [0.4, 0.5) is 0 Å². The number of carbonyl (C=O) groups excluding carboxylic acids is 1. The first kappa shape index (κ1) is 18.2. The molecule has 1 atom stereocenters. The third kappa shape index (κ3) is 3.82. The Labute approximate surface area is 153 Å². The summed E-state index contributed by atoms with van der Waals surface area (Å²) in [4.78, 5) is 14.9. The fraction of sp³-hybridized carbons (Fsp3) is 0.316. The molecule has 3 rings (SSSR count). The molecule has 0 radical (unpaired) electrons. The van der Waals surface area contributed by atoms with Gasteiger partial charge in [0.2, 0.25) is 10.0 Å². The largest absolute Gasteiger partial charge is 0.467 e. The zero-order valence-electron chi connectivity index (χ0n) is 14.4. The van der Waals surface area contributed by atoms with Crippen molar-refractivity contribution in [2.45, 2.75) is 36.7 Å². The van der Waals surface area contributed by atoms with Gasteiger partial charge in [-0.05, 0) is 50.1 Å². The zero-order chi connectivity index (χ0) is 18.7. The van der Waals surface area contributed by atoms with Crippen molar-refractivity contribution in [1.82, 2.24) is 9.62 Å². The highest BCUT2D eigenvalue weighted by Gasteiger charge is 2.37. The number of terminal acetylenes is 1. The minimum atomic E-state index is -3.75. The van der Waals surface area contributed by atoms with Gasteiger partial charge in [-0.1, -0.05) is 12.0 Å². The molecule has 6 nitrogen and oxygen atoms in total. The molecule has 7 heteroatoms. The van der Waals surface area contributed by atoms with Crippen molar-refractivity contribution >= 4 is 15.9 Å². The number of hydrogen-bond acceptors (Lipinski definition) is 4. The fourth-order valence-electron chi connectivity index (χ4n) is 2.84. The quantitative estimate of drug-likeness (QED) is 0.758. The van der Waals surface area contributed by atoms with Gasteiger partial charge in [0.25, 0.3) is 5.91 Å². The number of nitrogens with zero attached hydrogens (tertiary/aromatic N) is 1. The molecule has 1 heterocycles. The van der Waals surface area contributed by atoms with Crippen molar-refractivity contribution in [3.05, 3.63) is 54.0 Å². The maximum absolute atomic E-state index is 13.1. The number of nitrogens with one attached hydrogen (secondary N) is 1. The Balaban J connectivity index is 1.89. The molecule has 2 aromatic rings. The van der Waals surface area contributed by atoms with E-state index in [1.807, 2.05) is 13.0 Å². The Morgan fingerprint density at radius 1 is 1.38 bits per heavy atom. The molecule has 0 bridgehead atoms. The van der Waals surface area contributed by atoms with Crippen molar-refractivity contribution in [2.24, 2.45) is 0 Å². The van der Waals surface area contributed by atoms with Crippen LogP contribution in [0, 0.1) is 12.3 Å². The fourth-order valence-corrected chi connectivity index (χ4v) is 3.82. The lowest BCUT2D eigenvalue weighted by Crippen LogP contribution is -2.35. The standard InChI is InChI=1S/C19H20N2O4S/c1-3-11-20-26(23,24)17-7-4-6-15(13-17)19(22)21(16-9-10-16)14(2)18-8-5-12-25-18/h1,4-8,12-14,16,20H,9-11H2,2H3. The van der Waals surface area contributed by atoms with Gasteiger partial charge in [0, 0.05) is 11.6 Å². The summed E-state index contributed by atoms with van der Waals surface area (Å²) in [6.45, 7) is 1.80. The predicted octanol–water partition coefficient (Wildman–Crippen LogP) is 2.56. The van der Waals surface area contributed by atoms with Gasteiger partial charge in [0.1, 0.15) is 5.76 Å². The van der Waals surface area contributed by atoms with Crippen LogP contribution in [0.3, 0.4) is 0 Å². The number of hydrogen-bond donors (Lipinski definition) is 1. The van der Waals surface area contributed by atoms with Gasteiger partial charge in [0.15, 0.2) is 0 Å². The SMILES string of the molecule is C#CCNS(=O)(=O)c1cccc(C(=O)N(C2CC2)C(C)c2ccco2)c1. The van der Waals surface area contributed by atoms with E-state index < -0.39 is 10.0 Å². The van der Waals surface area contributed by atoms with E-state index in [1.54, 1.807) is 29.4 Å². The van der Waals surface area contributed by atoms with Crippen LogP contribution in [-0.2, 0) is 10.0 Å². The van der Waals surface area contributed by atoms with E-state index in [0.717, 1.165) is 12.8 Å². The number of amides is 1. The van der Waals surface area contributed by atoms with E-state index in [0.29, 0.717) is 11.3 Å². The Kier molecular flexibility index (Phi) is 5.16. The molecule has 136 valence electrons. The smallest absolute Gasteiger partial charge is 0.254 e. The van der Waals surface area contributed by atoms with Crippen LogP contribution in [0.5, 0.6) is 0 Å². The molecule has 1 N–H and O–H groups in total. The number of sulfonamides is 1. The van der Waals surface area contributed by atoms with Gasteiger partial charge >= 0.3 is 0 Å². The lowest BCUT2D eigenvalue weighted by molar-refractivity contribution is 0.0652. The zero-order valence-corrected chi connectivity index (χ0v) is 15.2. The lowest BCUT2D eigenvalue weighted by Gasteiger charge is -2.28. The summed E-state index contributed by atoms with van der Waals surface area (Å²) in [5.74, 6) is 2.71. The van der Waals surface area contributed by atoms with Gasteiger partial charge in [0.05, 0.1) is 23.7 Å². The van der Waals surface area contributed by atoms with E-state index in [2.05, 4.69) is 10.6 Å². The Bertz CT molecular complexity index is 925. The van der Waals surface area contributed by atoms with Crippen LogP contribution < -0.4 is 4.72 Å². The van der Waals surface area contributed by atoms with Crippen LogP contribution in [0.15, 0.2) is 52.0 Å². The molecule has 1 fully saturated rings. The van der Waals surface area contributed by atoms with Crippen molar-refractivity contribution in [1.29, 1.82) is 0 Å². The number of furan rings is 1. The minimum absolute atomic E-state index is 0.0139. The third-order valence-corrected chi connectivity index (χ3v) is 5.70. The highest BCUT2D eigenvalue weighted by Crippen LogP contribution is 2.35. The van der Waals surface area contributed by atoms with E-state index in [4.69, 9.17) is 10.8 Å².